The molecule has 11 heavy (non-hydrogen) atoms. The van der Waals surface area contributed by atoms with Gasteiger partial charge in [0, 0.05) is 23.5 Å². The van der Waals surface area contributed by atoms with Crippen molar-refractivity contribution in [3.8, 4) is 0 Å². The third-order valence-electron chi connectivity index (χ3n) is 2.33. The second-order valence-corrected chi connectivity index (χ2v) is 3.14. The Balaban J connectivity index is 2.23. The van der Waals surface area contributed by atoms with E-state index < -0.39 is 0 Å². The highest BCUT2D eigenvalue weighted by Crippen LogP contribution is 2.35. The first-order valence-corrected chi connectivity index (χ1v) is 4.08. The highest BCUT2D eigenvalue weighted by Gasteiger charge is 2.20. The molecule has 0 amide bonds. The van der Waals surface area contributed by atoms with E-state index in [4.69, 9.17) is 5.73 Å². The number of nitrogens with two attached hydrogens (primary N) is 1. The predicted octanol–water partition coefficient (Wildman–Crippen LogP) is 1.93. The molecule has 1 saturated carbocycles. The summed E-state index contributed by atoms with van der Waals surface area (Å²) in [5.41, 5.74) is 7.65. The van der Waals surface area contributed by atoms with E-state index in [1.54, 1.807) is 6.20 Å². The van der Waals surface area contributed by atoms with Crippen molar-refractivity contribution in [2.45, 2.75) is 25.2 Å². The second kappa shape index (κ2) is 2.53. The highest BCUT2D eigenvalue weighted by molar-refractivity contribution is 5.38. The van der Waals surface area contributed by atoms with Crippen LogP contribution in [0.15, 0.2) is 18.3 Å². The summed E-state index contributed by atoms with van der Waals surface area (Å²) in [5, 5.41) is 0. The lowest BCUT2D eigenvalue weighted by Gasteiger charge is -2.24. The van der Waals surface area contributed by atoms with Crippen molar-refractivity contribution in [1.29, 1.82) is 0 Å². The van der Waals surface area contributed by atoms with Gasteiger partial charge in [0.05, 0.1) is 0 Å². The largest absolute Gasteiger partial charge is 0.399 e. The number of hydrogen-bond donors (Lipinski definition) is 1. The zero-order valence-corrected chi connectivity index (χ0v) is 6.46. The Morgan fingerprint density at radius 3 is 2.82 bits per heavy atom. The Hall–Kier alpha value is -1.05. The van der Waals surface area contributed by atoms with E-state index in [0.29, 0.717) is 5.92 Å². The van der Waals surface area contributed by atoms with Crippen molar-refractivity contribution in [1.82, 2.24) is 4.98 Å². The summed E-state index contributed by atoms with van der Waals surface area (Å²) in [7, 11) is 0. The molecule has 58 valence electrons. The first kappa shape index (κ1) is 6.65. The van der Waals surface area contributed by atoms with E-state index in [-0.39, 0.29) is 0 Å². The Kier molecular flexibility index (Phi) is 1.53. The van der Waals surface area contributed by atoms with Crippen LogP contribution in [0.4, 0.5) is 5.69 Å². The fourth-order valence-electron chi connectivity index (χ4n) is 1.39. The number of nitrogens with zero attached hydrogens (tertiary/aromatic N) is 1. The second-order valence-electron chi connectivity index (χ2n) is 3.14. The molecule has 0 radical (unpaired) electrons. The normalized spacial score (nSPS) is 17.8. The molecule has 2 N–H and O–H groups in total. The smallest absolute Gasteiger partial charge is 0.0454 e. The number of nitrogen functional groups attached to an aromatic ring is 1. The maximum atomic E-state index is 5.64. The molecule has 0 unspecified atom stereocenters. The maximum absolute atomic E-state index is 5.64. The monoisotopic (exact) mass is 148 g/mol. The van der Waals surface area contributed by atoms with Gasteiger partial charge in [0.15, 0.2) is 0 Å². The van der Waals surface area contributed by atoms with Crippen LogP contribution in [0, 0.1) is 0 Å². The number of rotatable bonds is 1. The van der Waals surface area contributed by atoms with Crippen molar-refractivity contribution in [2.24, 2.45) is 0 Å². The zero-order chi connectivity index (χ0) is 7.68. The van der Waals surface area contributed by atoms with Crippen molar-refractivity contribution in [2.75, 3.05) is 5.73 Å². The van der Waals surface area contributed by atoms with Crippen molar-refractivity contribution in [3.63, 3.8) is 0 Å². The molecule has 1 aliphatic carbocycles. The van der Waals surface area contributed by atoms with Crippen LogP contribution in [0.5, 0.6) is 0 Å². The lowest BCUT2D eigenvalue weighted by atomic mass is 9.82. The fourth-order valence-corrected chi connectivity index (χ4v) is 1.39. The van der Waals surface area contributed by atoms with Crippen LogP contribution < -0.4 is 5.73 Å². The predicted molar refractivity (Wildman–Crippen MR) is 45.2 cm³/mol. The van der Waals surface area contributed by atoms with Gasteiger partial charge in [-0.1, -0.05) is 6.42 Å². The molecule has 1 aliphatic rings. The van der Waals surface area contributed by atoms with Gasteiger partial charge in [-0.2, -0.15) is 0 Å². The topological polar surface area (TPSA) is 38.9 Å². The molecule has 0 atom stereocenters. The number of pyridine rings is 1. The molecule has 1 heterocycles. The summed E-state index contributed by atoms with van der Waals surface area (Å²) >= 11 is 0. The lowest BCUT2D eigenvalue weighted by Crippen LogP contribution is -2.10. The first-order chi connectivity index (χ1) is 5.36. The average molecular weight is 148 g/mol. The Morgan fingerprint density at radius 2 is 2.27 bits per heavy atom. The van der Waals surface area contributed by atoms with Crippen LogP contribution in [-0.4, -0.2) is 4.98 Å². The Morgan fingerprint density at radius 1 is 1.45 bits per heavy atom. The SMILES string of the molecule is Nc1ccnc(C2CCC2)c1. The van der Waals surface area contributed by atoms with E-state index in [2.05, 4.69) is 4.98 Å². The first-order valence-electron chi connectivity index (χ1n) is 4.08. The summed E-state index contributed by atoms with van der Waals surface area (Å²) in [5.74, 6) is 0.693. The van der Waals surface area contributed by atoms with Gasteiger partial charge in [-0.05, 0) is 25.0 Å². The van der Waals surface area contributed by atoms with Crippen LogP contribution >= 0.6 is 0 Å². The summed E-state index contributed by atoms with van der Waals surface area (Å²) in [6.07, 6.45) is 5.72. The molecule has 0 saturated heterocycles. The van der Waals surface area contributed by atoms with Gasteiger partial charge >= 0.3 is 0 Å². The van der Waals surface area contributed by atoms with Crippen LogP contribution in [0.1, 0.15) is 30.9 Å². The molecule has 1 aromatic heterocycles. The van der Waals surface area contributed by atoms with Gasteiger partial charge in [0.1, 0.15) is 0 Å². The zero-order valence-electron chi connectivity index (χ0n) is 6.46. The summed E-state index contributed by atoms with van der Waals surface area (Å²) in [4.78, 5) is 4.28. The molecular weight excluding hydrogens is 136 g/mol. The van der Waals surface area contributed by atoms with Crippen LogP contribution in [-0.2, 0) is 0 Å². The molecule has 1 aromatic rings. The fraction of sp³-hybridized carbons (Fsp3) is 0.444. The maximum Gasteiger partial charge on any atom is 0.0454 e. The Bertz CT molecular complexity index is 253. The number of anilines is 1. The van der Waals surface area contributed by atoms with Gasteiger partial charge < -0.3 is 5.73 Å². The highest BCUT2D eigenvalue weighted by atomic mass is 14.7. The van der Waals surface area contributed by atoms with Crippen LogP contribution in [0.25, 0.3) is 0 Å². The molecule has 2 rings (SSSR count). The minimum Gasteiger partial charge on any atom is -0.399 e. The number of aromatic nitrogens is 1. The molecule has 2 nitrogen and oxygen atoms in total. The van der Waals surface area contributed by atoms with E-state index in [0.717, 1.165) is 5.69 Å². The molecule has 0 bridgehead atoms. The third-order valence-corrected chi connectivity index (χ3v) is 2.33. The van der Waals surface area contributed by atoms with E-state index >= 15 is 0 Å². The van der Waals surface area contributed by atoms with Crippen molar-refractivity contribution < 1.29 is 0 Å². The summed E-state index contributed by atoms with van der Waals surface area (Å²) in [6, 6.07) is 3.83. The molecular formula is C9H12N2. The van der Waals surface area contributed by atoms with Crippen LogP contribution in [0.3, 0.4) is 0 Å². The number of hydrogen-bond acceptors (Lipinski definition) is 2. The summed E-state index contributed by atoms with van der Waals surface area (Å²) in [6.45, 7) is 0. The van der Waals surface area contributed by atoms with Gasteiger partial charge in [0.2, 0.25) is 0 Å². The van der Waals surface area contributed by atoms with Crippen LogP contribution in [0.2, 0.25) is 0 Å². The van der Waals surface area contributed by atoms with E-state index in [1.807, 2.05) is 12.1 Å². The quantitative estimate of drug-likeness (QED) is 0.661. The molecule has 0 aromatic carbocycles. The molecule has 2 heteroatoms. The lowest BCUT2D eigenvalue weighted by molar-refractivity contribution is 0.411. The van der Waals surface area contributed by atoms with E-state index in [1.165, 1.54) is 25.0 Å². The van der Waals surface area contributed by atoms with Gasteiger partial charge in [-0.25, -0.2) is 0 Å². The van der Waals surface area contributed by atoms with Gasteiger partial charge in [-0.3, -0.25) is 4.98 Å². The standard InChI is InChI=1S/C9H12N2/c10-8-4-5-11-9(6-8)7-2-1-3-7/h4-7H,1-3H2,(H2,10,11). The minimum atomic E-state index is 0.693. The molecule has 1 fully saturated rings. The van der Waals surface area contributed by atoms with Gasteiger partial charge in [0.25, 0.3) is 0 Å². The van der Waals surface area contributed by atoms with E-state index in [9.17, 15) is 0 Å². The van der Waals surface area contributed by atoms with Gasteiger partial charge in [-0.15, -0.1) is 0 Å². The Labute approximate surface area is 66.4 Å². The third kappa shape index (κ3) is 1.20. The minimum absolute atomic E-state index is 0.693. The molecule has 0 spiro atoms. The average Bonchev–Trinajstić information content (AvgIpc) is 1.83. The van der Waals surface area contributed by atoms with Crippen molar-refractivity contribution >= 4 is 5.69 Å². The summed E-state index contributed by atoms with van der Waals surface area (Å²) < 4.78 is 0. The van der Waals surface area contributed by atoms with Crippen molar-refractivity contribution in [3.05, 3.63) is 24.0 Å². The molecule has 0 aliphatic heterocycles.